The number of ether oxygens (including phenoxy) is 1. The number of hydrogen-bond acceptors (Lipinski definition) is 3. The summed E-state index contributed by atoms with van der Waals surface area (Å²) < 4.78 is 4.77. The smallest absolute Gasteiger partial charge is 0.310 e. The topological polar surface area (TPSA) is 26.3 Å². The first-order chi connectivity index (χ1) is 9.58. The van der Waals surface area contributed by atoms with Gasteiger partial charge in [-0.1, -0.05) is 47.2 Å². The number of carbonyl (C=O) groups excluding carboxylic acids is 1. The molecule has 0 saturated carbocycles. The highest BCUT2D eigenvalue weighted by molar-refractivity contribution is 7.99. The van der Waals surface area contributed by atoms with Crippen LogP contribution in [0.1, 0.15) is 16.7 Å². The second kappa shape index (κ2) is 6.62. The Morgan fingerprint density at radius 1 is 1.05 bits per heavy atom. The highest BCUT2D eigenvalue weighted by atomic mass is 32.2. The molecular weight excluding hydrogens is 268 g/mol. The van der Waals surface area contributed by atoms with E-state index in [4.69, 9.17) is 4.74 Å². The van der Waals surface area contributed by atoms with Gasteiger partial charge in [0.05, 0.1) is 13.5 Å². The maximum Gasteiger partial charge on any atom is 0.310 e. The number of aryl methyl sites for hydroxylation is 2. The SMILES string of the molecule is COC(=O)Cc1cc(C)ccc1Sc1ccc(C)cc1. The Balaban J connectivity index is 2.26. The largest absolute Gasteiger partial charge is 0.469 e. The molecule has 0 saturated heterocycles. The Labute approximate surface area is 124 Å². The van der Waals surface area contributed by atoms with Crippen LogP contribution in [0, 0.1) is 13.8 Å². The fraction of sp³-hybridized carbons (Fsp3) is 0.235. The van der Waals surface area contributed by atoms with E-state index < -0.39 is 0 Å². The van der Waals surface area contributed by atoms with Crippen LogP contribution in [0.5, 0.6) is 0 Å². The molecule has 20 heavy (non-hydrogen) atoms. The number of esters is 1. The third kappa shape index (κ3) is 3.87. The predicted molar refractivity (Wildman–Crippen MR) is 82.2 cm³/mol. The molecule has 0 N–H and O–H groups in total. The van der Waals surface area contributed by atoms with Crippen LogP contribution in [-0.2, 0) is 16.0 Å². The van der Waals surface area contributed by atoms with Crippen LogP contribution in [0.3, 0.4) is 0 Å². The molecule has 2 aromatic carbocycles. The Morgan fingerprint density at radius 2 is 1.70 bits per heavy atom. The normalized spacial score (nSPS) is 10.3. The van der Waals surface area contributed by atoms with E-state index in [1.165, 1.54) is 17.6 Å². The van der Waals surface area contributed by atoms with Gasteiger partial charge in [-0.2, -0.15) is 0 Å². The summed E-state index contributed by atoms with van der Waals surface area (Å²) in [4.78, 5) is 13.8. The van der Waals surface area contributed by atoms with Crippen LogP contribution in [-0.4, -0.2) is 13.1 Å². The Morgan fingerprint density at radius 3 is 2.35 bits per heavy atom. The number of benzene rings is 2. The van der Waals surface area contributed by atoms with Gasteiger partial charge in [0.25, 0.3) is 0 Å². The highest BCUT2D eigenvalue weighted by Gasteiger charge is 2.10. The molecular formula is C17H18O2S. The fourth-order valence-corrected chi connectivity index (χ4v) is 2.83. The van der Waals surface area contributed by atoms with Crippen LogP contribution in [0.25, 0.3) is 0 Å². The van der Waals surface area contributed by atoms with Crippen molar-refractivity contribution >= 4 is 17.7 Å². The lowest BCUT2D eigenvalue weighted by Crippen LogP contribution is -2.05. The average molecular weight is 286 g/mol. The predicted octanol–water partition coefficient (Wildman–Crippen LogP) is 4.17. The monoisotopic (exact) mass is 286 g/mol. The molecule has 0 atom stereocenters. The molecule has 0 aliphatic carbocycles. The van der Waals surface area contributed by atoms with Crippen LogP contribution >= 0.6 is 11.8 Å². The highest BCUT2D eigenvalue weighted by Crippen LogP contribution is 2.31. The molecule has 0 aliphatic heterocycles. The first-order valence-corrected chi connectivity index (χ1v) is 7.31. The molecule has 2 rings (SSSR count). The summed E-state index contributed by atoms with van der Waals surface area (Å²) in [6.45, 7) is 4.10. The maximum atomic E-state index is 11.5. The summed E-state index contributed by atoms with van der Waals surface area (Å²) in [6, 6.07) is 14.6. The Kier molecular flexibility index (Phi) is 4.85. The molecule has 2 aromatic rings. The molecule has 0 aromatic heterocycles. The zero-order valence-electron chi connectivity index (χ0n) is 12.0. The van der Waals surface area contributed by atoms with E-state index in [0.717, 1.165) is 16.0 Å². The standard InChI is InChI=1S/C17H18O2S/c1-12-4-7-15(8-5-12)20-16-9-6-13(2)10-14(16)11-17(18)19-3/h4-10H,11H2,1-3H3. The number of rotatable bonds is 4. The average Bonchev–Trinajstić information content (AvgIpc) is 2.44. The lowest BCUT2D eigenvalue weighted by Gasteiger charge is -2.10. The number of hydrogen-bond donors (Lipinski definition) is 0. The van der Waals surface area contributed by atoms with Crippen molar-refractivity contribution in [2.75, 3.05) is 7.11 Å². The molecule has 0 unspecified atom stereocenters. The second-order valence-corrected chi connectivity index (χ2v) is 5.89. The van der Waals surface area contributed by atoms with Crippen molar-refractivity contribution < 1.29 is 9.53 Å². The summed E-state index contributed by atoms with van der Waals surface area (Å²) in [5.41, 5.74) is 3.41. The molecule has 0 bridgehead atoms. The summed E-state index contributed by atoms with van der Waals surface area (Å²) in [5, 5.41) is 0. The summed E-state index contributed by atoms with van der Waals surface area (Å²) in [7, 11) is 1.42. The number of carbonyl (C=O) groups is 1. The van der Waals surface area contributed by atoms with Gasteiger partial charge in [-0.25, -0.2) is 0 Å². The van der Waals surface area contributed by atoms with Gasteiger partial charge in [-0.05, 0) is 37.6 Å². The first-order valence-electron chi connectivity index (χ1n) is 6.49. The molecule has 0 spiro atoms. The van der Waals surface area contributed by atoms with Crippen molar-refractivity contribution in [3.8, 4) is 0 Å². The van der Waals surface area contributed by atoms with Gasteiger partial charge in [0, 0.05) is 9.79 Å². The second-order valence-electron chi connectivity index (χ2n) is 4.78. The van der Waals surface area contributed by atoms with Crippen LogP contribution in [0.2, 0.25) is 0 Å². The summed E-state index contributed by atoms with van der Waals surface area (Å²) >= 11 is 1.68. The minimum atomic E-state index is -0.207. The van der Waals surface area contributed by atoms with Gasteiger partial charge < -0.3 is 4.74 Å². The molecule has 3 heteroatoms. The van der Waals surface area contributed by atoms with Crippen molar-refractivity contribution in [1.82, 2.24) is 0 Å². The molecule has 0 fully saturated rings. The zero-order chi connectivity index (χ0) is 14.5. The first kappa shape index (κ1) is 14.7. The summed E-state index contributed by atoms with van der Waals surface area (Å²) in [6.07, 6.45) is 0.312. The molecule has 0 radical (unpaired) electrons. The van der Waals surface area contributed by atoms with E-state index in [0.29, 0.717) is 6.42 Å². The van der Waals surface area contributed by atoms with Gasteiger partial charge in [-0.3, -0.25) is 4.79 Å². The Bertz CT molecular complexity index is 603. The maximum absolute atomic E-state index is 11.5. The molecule has 0 amide bonds. The van der Waals surface area contributed by atoms with Gasteiger partial charge in [0.15, 0.2) is 0 Å². The molecule has 0 aliphatic rings. The van der Waals surface area contributed by atoms with E-state index in [1.54, 1.807) is 11.8 Å². The minimum Gasteiger partial charge on any atom is -0.469 e. The van der Waals surface area contributed by atoms with Crippen molar-refractivity contribution in [2.24, 2.45) is 0 Å². The van der Waals surface area contributed by atoms with E-state index in [9.17, 15) is 4.79 Å². The lowest BCUT2D eigenvalue weighted by molar-refractivity contribution is -0.139. The van der Waals surface area contributed by atoms with E-state index in [-0.39, 0.29) is 5.97 Å². The van der Waals surface area contributed by atoms with Gasteiger partial charge in [0.1, 0.15) is 0 Å². The molecule has 0 heterocycles. The van der Waals surface area contributed by atoms with Gasteiger partial charge in [-0.15, -0.1) is 0 Å². The van der Waals surface area contributed by atoms with Crippen LogP contribution in [0.4, 0.5) is 0 Å². The van der Waals surface area contributed by atoms with Crippen molar-refractivity contribution in [1.29, 1.82) is 0 Å². The molecule has 2 nitrogen and oxygen atoms in total. The third-order valence-electron chi connectivity index (χ3n) is 3.03. The fourth-order valence-electron chi connectivity index (χ4n) is 1.91. The Hall–Kier alpha value is -1.74. The van der Waals surface area contributed by atoms with Crippen LogP contribution in [0.15, 0.2) is 52.3 Å². The quantitative estimate of drug-likeness (QED) is 0.789. The van der Waals surface area contributed by atoms with Crippen LogP contribution < -0.4 is 0 Å². The third-order valence-corrected chi connectivity index (χ3v) is 4.15. The van der Waals surface area contributed by atoms with E-state index >= 15 is 0 Å². The number of methoxy groups -OCH3 is 1. The zero-order valence-corrected chi connectivity index (χ0v) is 12.8. The van der Waals surface area contributed by atoms with Crippen molar-refractivity contribution in [3.05, 3.63) is 59.2 Å². The van der Waals surface area contributed by atoms with Crippen molar-refractivity contribution in [3.63, 3.8) is 0 Å². The molecule has 104 valence electrons. The van der Waals surface area contributed by atoms with Gasteiger partial charge in [0.2, 0.25) is 0 Å². The van der Waals surface area contributed by atoms with Gasteiger partial charge >= 0.3 is 5.97 Å². The lowest BCUT2D eigenvalue weighted by atomic mass is 10.1. The van der Waals surface area contributed by atoms with E-state index in [2.05, 4.69) is 43.3 Å². The van der Waals surface area contributed by atoms with E-state index in [1.807, 2.05) is 13.0 Å². The summed E-state index contributed by atoms with van der Waals surface area (Å²) in [5.74, 6) is -0.207. The van der Waals surface area contributed by atoms with Crippen molar-refractivity contribution in [2.45, 2.75) is 30.1 Å². The minimum absolute atomic E-state index is 0.207.